The fourth-order valence-corrected chi connectivity index (χ4v) is 0.236. The van der Waals surface area contributed by atoms with E-state index in [9.17, 15) is 0 Å². The smallest absolute Gasteiger partial charge is 0.0331 e. The van der Waals surface area contributed by atoms with Crippen molar-refractivity contribution >= 4 is 0 Å². The first-order chi connectivity index (χ1) is 3.50. The quantitative estimate of drug-likeness (QED) is 0.540. The Labute approximate surface area is 51.6 Å². The standard InChI is InChI=1S/C7H15N/c1-5-7(4,8)6(2)3/h5-6H,1,8H2,2-4H3/t7-/m0/s1. The highest BCUT2D eigenvalue weighted by molar-refractivity contribution is 4.98. The summed E-state index contributed by atoms with van der Waals surface area (Å²) < 4.78 is 0. The van der Waals surface area contributed by atoms with Crippen LogP contribution in [0.2, 0.25) is 0 Å². The van der Waals surface area contributed by atoms with Gasteiger partial charge in [-0.3, -0.25) is 0 Å². The van der Waals surface area contributed by atoms with Gasteiger partial charge in [0.2, 0.25) is 0 Å². The molecule has 0 aliphatic heterocycles. The lowest BCUT2D eigenvalue weighted by molar-refractivity contribution is 0.420. The summed E-state index contributed by atoms with van der Waals surface area (Å²) in [7, 11) is 0. The predicted molar refractivity (Wildman–Crippen MR) is 37.6 cm³/mol. The highest BCUT2D eigenvalue weighted by Gasteiger charge is 2.17. The third-order valence-electron chi connectivity index (χ3n) is 1.68. The molecule has 0 radical (unpaired) electrons. The van der Waals surface area contributed by atoms with Gasteiger partial charge >= 0.3 is 0 Å². The molecule has 0 aliphatic carbocycles. The van der Waals surface area contributed by atoms with Crippen LogP contribution in [0.3, 0.4) is 0 Å². The Balaban J connectivity index is 3.90. The molecule has 0 aromatic rings. The Kier molecular flexibility index (Phi) is 2.23. The summed E-state index contributed by atoms with van der Waals surface area (Å²) >= 11 is 0. The Morgan fingerprint density at radius 1 is 1.62 bits per heavy atom. The third kappa shape index (κ3) is 1.66. The van der Waals surface area contributed by atoms with E-state index < -0.39 is 0 Å². The van der Waals surface area contributed by atoms with Crippen LogP contribution < -0.4 is 5.73 Å². The maximum atomic E-state index is 5.74. The normalized spacial score (nSPS) is 18.1. The summed E-state index contributed by atoms with van der Waals surface area (Å²) in [6.07, 6.45) is 1.79. The second-order valence-electron chi connectivity index (χ2n) is 2.72. The zero-order valence-electron chi connectivity index (χ0n) is 5.94. The van der Waals surface area contributed by atoms with E-state index in [1.807, 2.05) is 6.92 Å². The van der Waals surface area contributed by atoms with Crippen LogP contribution in [0.4, 0.5) is 0 Å². The number of hydrogen-bond donors (Lipinski definition) is 1. The Morgan fingerprint density at radius 2 is 2.00 bits per heavy atom. The Hall–Kier alpha value is -0.300. The van der Waals surface area contributed by atoms with E-state index in [2.05, 4.69) is 20.4 Å². The molecule has 0 rings (SSSR count). The lowest BCUT2D eigenvalue weighted by atomic mass is 9.90. The molecule has 8 heavy (non-hydrogen) atoms. The first-order valence-corrected chi connectivity index (χ1v) is 2.93. The molecule has 0 saturated carbocycles. The van der Waals surface area contributed by atoms with Crippen LogP contribution in [-0.2, 0) is 0 Å². The highest BCUT2D eigenvalue weighted by atomic mass is 14.7. The average Bonchev–Trinajstić information content (AvgIpc) is 1.67. The van der Waals surface area contributed by atoms with Crippen molar-refractivity contribution in [1.29, 1.82) is 0 Å². The van der Waals surface area contributed by atoms with Crippen LogP contribution in [0.5, 0.6) is 0 Å². The Morgan fingerprint density at radius 3 is 2.00 bits per heavy atom. The number of nitrogens with two attached hydrogens (primary N) is 1. The minimum absolute atomic E-state index is 0.194. The summed E-state index contributed by atoms with van der Waals surface area (Å²) in [6.45, 7) is 9.78. The van der Waals surface area contributed by atoms with E-state index >= 15 is 0 Å². The maximum absolute atomic E-state index is 5.74. The molecule has 1 atom stereocenters. The summed E-state index contributed by atoms with van der Waals surface area (Å²) in [4.78, 5) is 0. The second kappa shape index (κ2) is 2.31. The molecule has 1 heteroatoms. The molecule has 0 bridgehead atoms. The second-order valence-corrected chi connectivity index (χ2v) is 2.72. The van der Waals surface area contributed by atoms with Crippen molar-refractivity contribution in [2.24, 2.45) is 11.7 Å². The summed E-state index contributed by atoms with van der Waals surface area (Å²) in [6, 6.07) is 0. The topological polar surface area (TPSA) is 26.0 Å². The van der Waals surface area contributed by atoms with Gasteiger partial charge in [-0.15, -0.1) is 6.58 Å². The van der Waals surface area contributed by atoms with Crippen molar-refractivity contribution in [2.75, 3.05) is 0 Å². The van der Waals surface area contributed by atoms with Gasteiger partial charge in [0, 0.05) is 5.54 Å². The molecule has 0 heterocycles. The zero-order chi connectivity index (χ0) is 6.78. The van der Waals surface area contributed by atoms with Gasteiger partial charge < -0.3 is 5.73 Å². The van der Waals surface area contributed by atoms with Crippen LogP contribution in [0, 0.1) is 5.92 Å². The lowest BCUT2D eigenvalue weighted by Crippen LogP contribution is -2.38. The first-order valence-electron chi connectivity index (χ1n) is 2.93. The zero-order valence-corrected chi connectivity index (χ0v) is 5.94. The van der Waals surface area contributed by atoms with E-state index in [1.165, 1.54) is 0 Å². The molecule has 2 N–H and O–H groups in total. The van der Waals surface area contributed by atoms with Crippen molar-refractivity contribution in [3.63, 3.8) is 0 Å². The molecular formula is C7H15N. The highest BCUT2D eigenvalue weighted by Crippen LogP contribution is 2.12. The largest absolute Gasteiger partial charge is 0.322 e. The van der Waals surface area contributed by atoms with Crippen molar-refractivity contribution in [2.45, 2.75) is 26.3 Å². The number of hydrogen-bond acceptors (Lipinski definition) is 1. The SMILES string of the molecule is C=C[C@](C)(N)C(C)C. The van der Waals surface area contributed by atoms with Gasteiger partial charge in [0.25, 0.3) is 0 Å². The number of rotatable bonds is 2. The lowest BCUT2D eigenvalue weighted by Gasteiger charge is -2.24. The molecule has 1 nitrogen and oxygen atoms in total. The van der Waals surface area contributed by atoms with Gasteiger partial charge in [0.05, 0.1) is 0 Å². The molecule has 0 saturated heterocycles. The van der Waals surface area contributed by atoms with Gasteiger partial charge in [0.15, 0.2) is 0 Å². The van der Waals surface area contributed by atoms with E-state index in [1.54, 1.807) is 6.08 Å². The minimum atomic E-state index is -0.194. The fraction of sp³-hybridized carbons (Fsp3) is 0.714. The summed E-state index contributed by atoms with van der Waals surface area (Å²) in [5.74, 6) is 0.472. The van der Waals surface area contributed by atoms with Crippen molar-refractivity contribution in [1.82, 2.24) is 0 Å². The maximum Gasteiger partial charge on any atom is 0.0331 e. The molecule has 0 aromatic heterocycles. The van der Waals surface area contributed by atoms with E-state index in [0.717, 1.165) is 0 Å². The predicted octanol–water partition coefficient (Wildman–Crippen LogP) is 1.55. The van der Waals surface area contributed by atoms with Gasteiger partial charge in [-0.05, 0) is 12.8 Å². The van der Waals surface area contributed by atoms with Crippen molar-refractivity contribution in [3.05, 3.63) is 12.7 Å². The molecule has 0 spiro atoms. The molecule has 0 aliphatic rings. The van der Waals surface area contributed by atoms with Crippen molar-refractivity contribution in [3.8, 4) is 0 Å². The molecule has 0 aromatic carbocycles. The van der Waals surface area contributed by atoms with Crippen LogP contribution in [0.15, 0.2) is 12.7 Å². The van der Waals surface area contributed by atoms with Crippen LogP contribution in [0.1, 0.15) is 20.8 Å². The third-order valence-corrected chi connectivity index (χ3v) is 1.68. The monoisotopic (exact) mass is 113 g/mol. The molecule has 0 amide bonds. The first kappa shape index (κ1) is 7.70. The van der Waals surface area contributed by atoms with Crippen LogP contribution in [0.25, 0.3) is 0 Å². The van der Waals surface area contributed by atoms with E-state index in [-0.39, 0.29) is 5.54 Å². The molecule has 0 unspecified atom stereocenters. The van der Waals surface area contributed by atoms with E-state index in [0.29, 0.717) is 5.92 Å². The summed E-state index contributed by atoms with van der Waals surface area (Å²) in [5.41, 5.74) is 5.55. The van der Waals surface area contributed by atoms with Gasteiger partial charge in [0.1, 0.15) is 0 Å². The Bertz CT molecular complexity index is 82.4. The molecular weight excluding hydrogens is 98.1 g/mol. The van der Waals surface area contributed by atoms with E-state index in [4.69, 9.17) is 5.73 Å². The van der Waals surface area contributed by atoms with Gasteiger partial charge in [-0.2, -0.15) is 0 Å². The minimum Gasteiger partial charge on any atom is -0.322 e. The van der Waals surface area contributed by atoms with Crippen molar-refractivity contribution < 1.29 is 0 Å². The van der Waals surface area contributed by atoms with Gasteiger partial charge in [-0.25, -0.2) is 0 Å². The van der Waals surface area contributed by atoms with Gasteiger partial charge in [-0.1, -0.05) is 19.9 Å². The summed E-state index contributed by atoms with van der Waals surface area (Å²) in [5, 5.41) is 0. The fourth-order valence-electron chi connectivity index (χ4n) is 0.236. The molecule has 48 valence electrons. The van der Waals surface area contributed by atoms with Crippen LogP contribution >= 0.6 is 0 Å². The average molecular weight is 113 g/mol. The van der Waals surface area contributed by atoms with Crippen LogP contribution in [-0.4, -0.2) is 5.54 Å². The molecule has 0 fully saturated rings.